The number of aromatic amines is 1. The van der Waals surface area contributed by atoms with E-state index in [9.17, 15) is 33.1 Å². The number of aliphatic hydroxyl groups excluding tert-OH is 1. The van der Waals surface area contributed by atoms with Gasteiger partial charge in [-0.1, -0.05) is 45.0 Å². The van der Waals surface area contributed by atoms with E-state index < -0.39 is 12.0 Å². The summed E-state index contributed by atoms with van der Waals surface area (Å²) >= 11 is 0. The number of nitrogens with one attached hydrogen (secondary N) is 2. The van der Waals surface area contributed by atoms with Crippen molar-refractivity contribution >= 4 is 23.0 Å². The van der Waals surface area contributed by atoms with Crippen LogP contribution < -0.4 is 4.90 Å². The predicted octanol–water partition coefficient (Wildman–Crippen LogP) is 5.43. The van der Waals surface area contributed by atoms with E-state index >= 15 is 0 Å². The Hall–Kier alpha value is -4.21. The first-order valence-corrected chi connectivity index (χ1v) is 17.4. The van der Waals surface area contributed by atoms with Crippen LogP contribution in [0.3, 0.4) is 0 Å². The molecule has 4 heterocycles. The number of rotatable bonds is 8. The number of aromatic nitrogens is 3. The van der Waals surface area contributed by atoms with Crippen LogP contribution in [0.5, 0.6) is 0 Å². The van der Waals surface area contributed by atoms with Gasteiger partial charge in [0.05, 0.1) is 49.0 Å². The number of carbonyl (C=O) groups excluding carboxylic acids is 2. The number of likely N-dealkylation sites (tertiary alicyclic amines) is 1. The van der Waals surface area contributed by atoms with Gasteiger partial charge >= 0.3 is 6.18 Å². The molecule has 12 heteroatoms. The molecule has 2 aromatic heterocycles. The Morgan fingerprint density at radius 1 is 1.10 bits per heavy atom. The van der Waals surface area contributed by atoms with Gasteiger partial charge in [-0.3, -0.25) is 19.7 Å². The fourth-order valence-corrected chi connectivity index (χ4v) is 7.06. The minimum atomic E-state index is -4.64. The molecule has 1 aromatic carbocycles. The van der Waals surface area contributed by atoms with Crippen LogP contribution in [0.4, 0.5) is 18.9 Å². The molecule has 3 aromatic rings. The van der Waals surface area contributed by atoms with Crippen molar-refractivity contribution in [2.45, 2.75) is 97.3 Å². The summed E-state index contributed by atoms with van der Waals surface area (Å²) in [6.07, 6.45) is 3.51. The van der Waals surface area contributed by atoms with Crippen molar-refractivity contribution in [3.63, 3.8) is 0 Å². The molecule has 2 aliphatic heterocycles. The van der Waals surface area contributed by atoms with Crippen molar-refractivity contribution in [1.29, 1.82) is 5.26 Å². The number of pyridine rings is 1. The van der Waals surface area contributed by atoms with Crippen molar-refractivity contribution in [2.75, 3.05) is 19.6 Å². The SMILES string of the molecule is CC(=O)C(F)(F)F.CC(C)(C)[C@H]1CCc2nc3c(cc2C1)N=C(C(=O)C[C@H](CC[NH+]1CCC(O)CC1)c1ccc(-c2cn[nH]c2C#N)cc1)C3. The maximum atomic E-state index is 13.8. The summed E-state index contributed by atoms with van der Waals surface area (Å²) in [5.74, 6) is -0.972. The average Bonchev–Trinajstić information content (AvgIpc) is 3.72. The van der Waals surface area contributed by atoms with E-state index in [2.05, 4.69) is 55.2 Å². The van der Waals surface area contributed by atoms with E-state index in [-0.39, 0.29) is 23.2 Å². The second-order valence-electron chi connectivity index (χ2n) is 14.9. The van der Waals surface area contributed by atoms with Gasteiger partial charge < -0.3 is 10.0 Å². The van der Waals surface area contributed by atoms with Gasteiger partial charge in [-0.25, -0.2) is 4.99 Å². The quantitative estimate of drug-likeness (QED) is 0.288. The number of carbonyl (C=O) groups is 2. The van der Waals surface area contributed by atoms with Crippen LogP contribution in [-0.4, -0.2) is 69.5 Å². The summed E-state index contributed by atoms with van der Waals surface area (Å²) in [6, 6.07) is 12.6. The van der Waals surface area contributed by atoms with Crippen LogP contribution in [0, 0.1) is 22.7 Å². The molecule has 2 atom stereocenters. The highest BCUT2D eigenvalue weighted by atomic mass is 19.4. The fourth-order valence-electron chi connectivity index (χ4n) is 7.06. The zero-order valence-electron chi connectivity index (χ0n) is 29.2. The van der Waals surface area contributed by atoms with Crippen LogP contribution in [0.2, 0.25) is 0 Å². The molecule has 6 rings (SSSR count). The monoisotopic (exact) mass is 691 g/mol. The number of aryl methyl sites for hydroxylation is 1. The molecule has 50 heavy (non-hydrogen) atoms. The Balaban J connectivity index is 0.000000630. The maximum Gasteiger partial charge on any atom is 0.449 e. The summed E-state index contributed by atoms with van der Waals surface area (Å²) in [5.41, 5.74) is 8.47. The zero-order chi connectivity index (χ0) is 36.2. The van der Waals surface area contributed by atoms with Gasteiger partial charge in [-0.05, 0) is 59.3 Å². The number of fused-ring (bicyclic) bond motifs is 2. The van der Waals surface area contributed by atoms with Crippen LogP contribution >= 0.6 is 0 Å². The number of halogens is 3. The molecule has 0 bridgehead atoms. The lowest BCUT2D eigenvalue weighted by atomic mass is 9.71. The van der Waals surface area contributed by atoms with Crippen molar-refractivity contribution in [1.82, 2.24) is 15.2 Å². The van der Waals surface area contributed by atoms with E-state index in [1.165, 1.54) is 16.2 Å². The summed E-state index contributed by atoms with van der Waals surface area (Å²) in [6.45, 7) is 10.3. The van der Waals surface area contributed by atoms with E-state index in [1.54, 1.807) is 6.20 Å². The van der Waals surface area contributed by atoms with Gasteiger partial charge in [-0.15, -0.1) is 0 Å². The highest BCUT2D eigenvalue weighted by molar-refractivity contribution is 6.41. The first kappa shape index (κ1) is 37.1. The van der Waals surface area contributed by atoms with Crippen LogP contribution in [0.25, 0.3) is 11.1 Å². The number of H-pyrrole nitrogens is 1. The van der Waals surface area contributed by atoms with Crippen LogP contribution in [0.15, 0.2) is 41.5 Å². The third-order valence-electron chi connectivity index (χ3n) is 10.4. The topological polar surface area (TPSA) is 137 Å². The van der Waals surface area contributed by atoms with Crippen molar-refractivity contribution < 1.29 is 32.8 Å². The highest BCUT2D eigenvalue weighted by Crippen LogP contribution is 2.39. The number of ketones is 2. The van der Waals surface area contributed by atoms with Crippen LogP contribution in [-0.2, 0) is 28.9 Å². The Bertz CT molecular complexity index is 1760. The van der Waals surface area contributed by atoms with Crippen molar-refractivity contribution in [3.8, 4) is 17.2 Å². The van der Waals surface area contributed by atoms with Gasteiger partial charge in [0.25, 0.3) is 0 Å². The highest BCUT2D eigenvalue weighted by Gasteiger charge is 2.34. The summed E-state index contributed by atoms with van der Waals surface area (Å²) in [7, 11) is 0. The molecule has 0 saturated carbocycles. The number of hydrogen-bond donors (Lipinski definition) is 3. The van der Waals surface area contributed by atoms with Gasteiger partial charge in [-0.2, -0.15) is 23.5 Å². The van der Waals surface area contributed by atoms with Gasteiger partial charge in [0.1, 0.15) is 11.8 Å². The molecular formula is C38H46F3N6O3+. The number of aliphatic imine (C=N–C) groups is 1. The molecule has 3 aliphatic rings. The lowest BCUT2D eigenvalue weighted by molar-refractivity contribution is -0.906. The van der Waals surface area contributed by atoms with E-state index in [4.69, 9.17) is 9.98 Å². The molecular weight excluding hydrogens is 645 g/mol. The Morgan fingerprint density at radius 3 is 2.40 bits per heavy atom. The number of benzene rings is 1. The van der Waals surface area contributed by atoms with Gasteiger partial charge in [0.2, 0.25) is 5.78 Å². The van der Waals surface area contributed by atoms with E-state index in [0.29, 0.717) is 37.1 Å². The molecule has 3 N–H and O–H groups in total. The molecule has 0 spiro atoms. The standard InChI is InChI=1S/C35H42N6O2.C3H3F3O/c1-35(2,3)26-8-9-29-25(16-26)17-30-31(38-29)19-32(39-30)34(43)18-24(10-13-41-14-11-27(42)12-15-41)22-4-6-23(7-5-22)28-21-37-40-33(28)20-36;1-2(7)3(4,5)6/h4-7,17,21,24,26-27,42H,8-16,18-19H2,1-3H3,(H,37,40);1H3/p+1/t24-,26-;/m0./s1. The second kappa shape index (κ2) is 15.4. The lowest BCUT2D eigenvalue weighted by Crippen LogP contribution is -3.13. The number of hydrogen-bond acceptors (Lipinski definition) is 7. The lowest BCUT2D eigenvalue weighted by Gasteiger charge is -2.34. The Labute approximate surface area is 291 Å². The normalized spacial score (nSPS) is 20.8. The smallest absolute Gasteiger partial charge is 0.393 e. The molecule has 0 radical (unpaired) electrons. The number of alkyl halides is 3. The fraction of sp³-hybridized carbons (Fsp3) is 0.526. The van der Waals surface area contributed by atoms with Crippen molar-refractivity contribution in [3.05, 3.63) is 64.7 Å². The number of nitriles is 1. The first-order chi connectivity index (χ1) is 23.6. The second-order valence-corrected chi connectivity index (χ2v) is 14.9. The van der Waals surface area contributed by atoms with Gasteiger partial charge in [0.15, 0.2) is 5.78 Å². The maximum absolute atomic E-state index is 13.8. The minimum Gasteiger partial charge on any atom is -0.393 e. The third kappa shape index (κ3) is 9.11. The molecule has 1 saturated heterocycles. The number of nitrogens with zero attached hydrogens (tertiary/aromatic N) is 4. The molecule has 266 valence electrons. The minimum absolute atomic E-state index is 0.0563. The number of Topliss-reactive ketones (excluding diaryl/α,β-unsaturated/α-hetero) is 2. The Kier molecular flexibility index (Phi) is 11.4. The summed E-state index contributed by atoms with van der Waals surface area (Å²) < 4.78 is 32.5. The Morgan fingerprint density at radius 2 is 1.78 bits per heavy atom. The number of piperidine rings is 1. The molecule has 0 amide bonds. The third-order valence-corrected chi connectivity index (χ3v) is 10.4. The molecule has 0 unspecified atom stereocenters. The first-order valence-electron chi connectivity index (χ1n) is 17.4. The molecule has 1 aliphatic carbocycles. The predicted molar refractivity (Wildman–Crippen MR) is 183 cm³/mol. The molecule has 9 nitrogen and oxygen atoms in total. The zero-order valence-corrected chi connectivity index (χ0v) is 29.2. The average molecular weight is 692 g/mol. The van der Waals surface area contributed by atoms with E-state index in [1.807, 2.05) is 12.1 Å². The summed E-state index contributed by atoms with van der Waals surface area (Å²) in [5, 5.41) is 26.1. The molecule has 1 fully saturated rings. The van der Waals surface area contributed by atoms with Crippen LogP contribution in [0.1, 0.15) is 93.9 Å². The van der Waals surface area contributed by atoms with Gasteiger partial charge in [0, 0.05) is 50.3 Å². The summed E-state index contributed by atoms with van der Waals surface area (Å²) in [4.78, 5) is 34.5. The largest absolute Gasteiger partial charge is 0.449 e. The van der Waals surface area contributed by atoms with E-state index in [0.717, 1.165) is 86.2 Å². The van der Waals surface area contributed by atoms with Crippen molar-refractivity contribution in [2.24, 2.45) is 16.3 Å². The number of aliphatic hydroxyl groups is 1. The number of quaternary nitrogens is 1.